The Bertz CT molecular complexity index is 996. The third-order valence-corrected chi connectivity index (χ3v) is 5.86. The predicted molar refractivity (Wildman–Crippen MR) is 122 cm³/mol. The summed E-state index contributed by atoms with van der Waals surface area (Å²) in [7, 11) is 0. The molecular formula is C25H27NO2S. The summed E-state index contributed by atoms with van der Waals surface area (Å²) in [6, 6.07) is 20.1. The van der Waals surface area contributed by atoms with Crippen molar-refractivity contribution < 1.29 is 9.53 Å². The van der Waals surface area contributed by atoms with Crippen LogP contribution in [-0.4, -0.2) is 12.5 Å². The lowest BCUT2D eigenvalue weighted by Crippen LogP contribution is -2.12. The summed E-state index contributed by atoms with van der Waals surface area (Å²) < 4.78 is 5.78. The lowest BCUT2D eigenvalue weighted by atomic mass is 10.1. The van der Waals surface area contributed by atoms with Gasteiger partial charge in [-0.1, -0.05) is 23.8 Å². The molecule has 3 rings (SSSR count). The van der Waals surface area contributed by atoms with E-state index >= 15 is 0 Å². The van der Waals surface area contributed by atoms with Crippen molar-refractivity contribution in [1.82, 2.24) is 0 Å². The number of carbonyl (C=O) groups excluding carboxylic acids is 1. The summed E-state index contributed by atoms with van der Waals surface area (Å²) in [5.74, 6) is 1.45. The van der Waals surface area contributed by atoms with Gasteiger partial charge >= 0.3 is 0 Å². The Morgan fingerprint density at radius 2 is 1.69 bits per heavy atom. The number of rotatable bonds is 7. The molecule has 1 amide bonds. The normalized spacial score (nSPS) is 10.6. The molecule has 0 saturated heterocycles. The van der Waals surface area contributed by atoms with Gasteiger partial charge < -0.3 is 10.1 Å². The van der Waals surface area contributed by atoms with E-state index in [0.717, 1.165) is 28.3 Å². The zero-order chi connectivity index (χ0) is 20.8. The number of ether oxygens (including phenoxy) is 1. The molecule has 3 aromatic rings. The average Bonchev–Trinajstić information content (AvgIpc) is 2.71. The molecule has 150 valence electrons. The van der Waals surface area contributed by atoms with Crippen molar-refractivity contribution in [3.8, 4) is 5.75 Å². The van der Waals surface area contributed by atoms with Crippen molar-refractivity contribution >= 4 is 23.4 Å². The number of hydrogen-bond acceptors (Lipinski definition) is 3. The molecule has 4 heteroatoms. The quantitative estimate of drug-likeness (QED) is 0.453. The number of amides is 1. The number of nitrogens with one attached hydrogen (secondary N) is 1. The van der Waals surface area contributed by atoms with Gasteiger partial charge in [-0.3, -0.25) is 4.79 Å². The minimum Gasteiger partial charge on any atom is -0.494 e. The fourth-order valence-electron chi connectivity index (χ4n) is 2.95. The molecule has 3 nitrogen and oxygen atoms in total. The van der Waals surface area contributed by atoms with Gasteiger partial charge in [-0.25, -0.2) is 0 Å². The Balaban J connectivity index is 1.78. The van der Waals surface area contributed by atoms with Gasteiger partial charge in [0.15, 0.2) is 0 Å². The van der Waals surface area contributed by atoms with E-state index in [2.05, 4.69) is 43.4 Å². The summed E-state index contributed by atoms with van der Waals surface area (Å²) in [5.41, 5.74) is 6.07. The molecule has 0 atom stereocenters. The molecule has 0 saturated carbocycles. The van der Waals surface area contributed by atoms with E-state index in [1.54, 1.807) is 11.8 Å². The highest BCUT2D eigenvalue weighted by molar-refractivity contribution is 7.98. The van der Waals surface area contributed by atoms with Crippen molar-refractivity contribution in [3.63, 3.8) is 0 Å². The van der Waals surface area contributed by atoms with Crippen LogP contribution in [0.4, 0.5) is 5.69 Å². The number of hydrogen-bond donors (Lipinski definition) is 1. The maximum atomic E-state index is 12.8. The third-order valence-electron chi connectivity index (χ3n) is 4.80. The van der Waals surface area contributed by atoms with Crippen LogP contribution < -0.4 is 10.1 Å². The van der Waals surface area contributed by atoms with Crippen LogP contribution in [0.5, 0.6) is 5.75 Å². The molecule has 0 aliphatic carbocycles. The van der Waals surface area contributed by atoms with E-state index < -0.39 is 0 Å². The molecule has 0 spiro atoms. The van der Waals surface area contributed by atoms with Crippen LogP contribution in [0.25, 0.3) is 0 Å². The van der Waals surface area contributed by atoms with Crippen LogP contribution >= 0.6 is 11.8 Å². The lowest BCUT2D eigenvalue weighted by Gasteiger charge is -2.13. The molecule has 29 heavy (non-hydrogen) atoms. The second-order valence-electron chi connectivity index (χ2n) is 7.11. The van der Waals surface area contributed by atoms with Crippen LogP contribution in [0.1, 0.15) is 39.5 Å². The van der Waals surface area contributed by atoms with E-state index in [0.29, 0.717) is 12.2 Å². The molecular weight excluding hydrogens is 378 g/mol. The highest BCUT2D eigenvalue weighted by atomic mass is 32.2. The highest BCUT2D eigenvalue weighted by Gasteiger charge is 2.12. The predicted octanol–water partition coefficient (Wildman–Crippen LogP) is 6.56. The van der Waals surface area contributed by atoms with Gasteiger partial charge in [-0.2, -0.15) is 0 Å². The number of carbonyl (C=O) groups is 1. The molecule has 1 N–H and O–H groups in total. The Morgan fingerprint density at radius 1 is 0.931 bits per heavy atom. The van der Waals surface area contributed by atoms with E-state index in [9.17, 15) is 4.79 Å². The molecule has 0 bridgehead atoms. The monoisotopic (exact) mass is 405 g/mol. The van der Waals surface area contributed by atoms with Crippen molar-refractivity contribution in [2.75, 3.05) is 11.9 Å². The van der Waals surface area contributed by atoms with Crippen LogP contribution in [-0.2, 0) is 5.75 Å². The van der Waals surface area contributed by atoms with Crippen LogP contribution in [0.2, 0.25) is 0 Å². The molecule has 0 aromatic heterocycles. The highest BCUT2D eigenvalue weighted by Crippen LogP contribution is 2.29. The maximum Gasteiger partial charge on any atom is 0.255 e. The van der Waals surface area contributed by atoms with Crippen molar-refractivity contribution in [3.05, 3.63) is 88.5 Å². The van der Waals surface area contributed by atoms with Crippen molar-refractivity contribution in [2.24, 2.45) is 0 Å². The fourth-order valence-corrected chi connectivity index (χ4v) is 3.82. The molecule has 0 fully saturated rings. The van der Waals surface area contributed by atoms with Gasteiger partial charge in [0, 0.05) is 27.5 Å². The Labute approximate surface area is 177 Å². The topological polar surface area (TPSA) is 38.3 Å². The summed E-state index contributed by atoms with van der Waals surface area (Å²) in [4.78, 5) is 14.0. The molecule has 0 aliphatic heterocycles. The zero-order valence-electron chi connectivity index (χ0n) is 17.4. The Morgan fingerprint density at radius 3 is 2.38 bits per heavy atom. The smallest absolute Gasteiger partial charge is 0.255 e. The average molecular weight is 406 g/mol. The van der Waals surface area contributed by atoms with Crippen LogP contribution in [0.15, 0.2) is 65.6 Å². The number of benzene rings is 3. The molecule has 0 heterocycles. The van der Waals surface area contributed by atoms with Gasteiger partial charge in [0.1, 0.15) is 5.75 Å². The van der Waals surface area contributed by atoms with Crippen molar-refractivity contribution in [1.29, 1.82) is 0 Å². The number of anilines is 1. The molecule has 0 radical (unpaired) electrons. The van der Waals surface area contributed by atoms with Gasteiger partial charge in [-0.05, 0) is 81.3 Å². The summed E-state index contributed by atoms with van der Waals surface area (Å²) in [6.45, 7) is 8.75. The van der Waals surface area contributed by atoms with Gasteiger partial charge in [0.25, 0.3) is 5.91 Å². The minimum absolute atomic E-state index is 0.113. The summed E-state index contributed by atoms with van der Waals surface area (Å²) in [5, 5.41) is 3.00. The first-order valence-corrected chi connectivity index (χ1v) is 10.8. The van der Waals surface area contributed by atoms with E-state index in [-0.39, 0.29) is 5.91 Å². The van der Waals surface area contributed by atoms with E-state index in [4.69, 9.17) is 4.74 Å². The van der Waals surface area contributed by atoms with Gasteiger partial charge in [0.2, 0.25) is 0 Å². The van der Waals surface area contributed by atoms with E-state index in [1.807, 2.05) is 50.2 Å². The standard InChI is InChI=1S/C25H27NO2S/c1-5-28-24-13-9-20(25(27)26-22-10-8-18(3)19(4)14-22)15-21(24)16-29-23-11-6-17(2)7-12-23/h6-15H,5,16H2,1-4H3,(H,26,27). The van der Waals surface area contributed by atoms with Gasteiger partial charge in [-0.15, -0.1) is 11.8 Å². The molecule has 0 unspecified atom stereocenters. The number of aryl methyl sites for hydroxylation is 3. The van der Waals surface area contributed by atoms with Crippen LogP contribution in [0.3, 0.4) is 0 Å². The molecule has 3 aromatic carbocycles. The first kappa shape index (κ1) is 21.0. The van der Waals surface area contributed by atoms with Crippen LogP contribution in [0, 0.1) is 20.8 Å². The lowest BCUT2D eigenvalue weighted by molar-refractivity contribution is 0.102. The zero-order valence-corrected chi connectivity index (χ0v) is 18.2. The Hall–Kier alpha value is -2.72. The number of thioether (sulfide) groups is 1. The second kappa shape index (κ2) is 9.66. The van der Waals surface area contributed by atoms with Crippen molar-refractivity contribution in [2.45, 2.75) is 38.3 Å². The first-order chi connectivity index (χ1) is 14.0. The summed E-state index contributed by atoms with van der Waals surface area (Å²) in [6.07, 6.45) is 0. The third kappa shape index (κ3) is 5.64. The minimum atomic E-state index is -0.113. The molecule has 0 aliphatic rings. The largest absolute Gasteiger partial charge is 0.494 e. The first-order valence-electron chi connectivity index (χ1n) is 9.80. The van der Waals surface area contributed by atoms with E-state index in [1.165, 1.54) is 16.0 Å². The van der Waals surface area contributed by atoms with Gasteiger partial charge in [0.05, 0.1) is 6.61 Å². The Kier molecular flexibility index (Phi) is 6.99. The summed E-state index contributed by atoms with van der Waals surface area (Å²) >= 11 is 1.74. The maximum absolute atomic E-state index is 12.8. The second-order valence-corrected chi connectivity index (χ2v) is 8.16. The fraction of sp³-hybridized carbons (Fsp3) is 0.240. The SMILES string of the molecule is CCOc1ccc(C(=O)Nc2ccc(C)c(C)c2)cc1CSc1ccc(C)cc1.